The van der Waals surface area contributed by atoms with Crippen LogP contribution >= 0.6 is 11.6 Å². The molecule has 2 saturated heterocycles. The van der Waals surface area contributed by atoms with Crippen LogP contribution in [0, 0.1) is 17.1 Å². The molecule has 2 fully saturated rings. The molecular weight excluding hydrogens is 587 g/mol. The molecule has 0 saturated carbocycles. The van der Waals surface area contributed by atoms with E-state index in [2.05, 4.69) is 26.3 Å². The number of hydrogen-bond donors (Lipinski definition) is 1. The lowest BCUT2D eigenvalue weighted by molar-refractivity contribution is 0.0322. The number of morpholine rings is 1. The van der Waals surface area contributed by atoms with Crippen LogP contribution in [0.2, 0.25) is 5.02 Å². The van der Waals surface area contributed by atoms with Crippen LogP contribution in [0.15, 0.2) is 49.1 Å². The van der Waals surface area contributed by atoms with Crippen molar-refractivity contribution in [2.45, 2.75) is 25.3 Å². The summed E-state index contributed by atoms with van der Waals surface area (Å²) in [5.41, 5.74) is 2.00. The number of nitriles is 1. The number of amides is 1. The van der Waals surface area contributed by atoms with Crippen LogP contribution in [0.1, 0.15) is 35.7 Å². The minimum atomic E-state index is -0.512. The van der Waals surface area contributed by atoms with E-state index in [0.29, 0.717) is 66.4 Å². The summed E-state index contributed by atoms with van der Waals surface area (Å²) >= 11 is 6.13. The summed E-state index contributed by atoms with van der Waals surface area (Å²) in [5, 5.41) is 17.3. The van der Waals surface area contributed by atoms with Crippen molar-refractivity contribution in [1.29, 1.82) is 5.26 Å². The van der Waals surface area contributed by atoms with Crippen LogP contribution in [0.25, 0.3) is 16.8 Å². The molecule has 3 aromatic heterocycles. The van der Waals surface area contributed by atoms with Gasteiger partial charge in [0.05, 0.1) is 65.4 Å². The summed E-state index contributed by atoms with van der Waals surface area (Å²) in [5.74, 6) is 0.418. The van der Waals surface area contributed by atoms with Crippen molar-refractivity contribution in [2.24, 2.45) is 0 Å². The zero-order valence-electron chi connectivity index (χ0n) is 24.3. The molecule has 0 unspecified atom stereocenters. The summed E-state index contributed by atoms with van der Waals surface area (Å²) in [6.45, 7) is 7.77. The van der Waals surface area contributed by atoms with Gasteiger partial charge >= 0.3 is 0 Å². The molecule has 4 aromatic rings. The number of carbonyl (C=O) groups is 1. The highest BCUT2D eigenvalue weighted by atomic mass is 35.5. The molecule has 0 radical (unpaired) electrons. The molecule has 1 N–H and O–H groups in total. The van der Waals surface area contributed by atoms with E-state index < -0.39 is 17.3 Å². The van der Waals surface area contributed by atoms with Crippen LogP contribution in [0.5, 0.6) is 5.75 Å². The van der Waals surface area contributed by atoms with Crippen molar-refractivity contribution in [1.82, 2.24) is 29.8 Å². The Morgan fingerprint density at radius 1 is 1.16 bits per heavy atom. The quantitative estimate of drug-likeness (QED) is 0.313. The van der Waals surface area contributed by atoms with E-state index in [1.165, 1.54) is 18.3 Å². The first kappa shape index (κ1) is 29.7. The van der Waals surface area contributed by atoms with E-state index in [4.69, 9.17) is 31.0 Å². The molecule has 1 amide bonds. The van der Waals surface area contributed by atoms with Crippen LogP contribution < -0.4 is 15.0 Å². The molecule has 5 heterocycles. The Hall–Kier alpha value is -4.31. The molecule has 6 rings (SSSR count). The number of anilines is 1. The third-order valence-corrected chi connectivity index (χ3v) is 8.51. The van der Waals surface area contributed by atoms with Gasteiger partial charge in [-0.25, -0.2) is 13.9 Å². The first-order valence-electron chi connectivity index (χ1n) is 14.5. The molecule has 0 bridgehead atoms. The molecule has 13 heteroatoms. The Kier molecular flexibility index (Phi) is 8.61. The normalized spacial score (nSPS) is 16.9. The Morgan fingerprint density at radius 3 is 2.68 bits per heavy atom. The number of nitrogens with one attached hydrogen (secondary N) is 1. The largest absolute Gasteiger partial charge is 0.491 e. The third-order valence-electron chi connectivity index (χ3n) is 8.18. The van der Waals surface area contributed by atoms with Gasteiger partial charge in [-0.05, 0) is 44.0 Å². The maximum Gasteiger partial charge on any atom is 0.253 e. The second-order valence-electron chi connectivity index (χ2n) is 11.2. The SMILES string of the molecule is CC1(NC(=O)c2cc(F)ccc2Cl)CCN(c2cnc(-c3cc(OCCN4CCOCC4)cn4ncc(C#N)c34)cn2)CC1. The number of aromatic nitrogens is 4. The number of ether oxygens (including phenoxy) is 2. The lowest BCUT2D eigenvalue weighted by Gasteiger charge is -2.40. The number of carbonyl (C=O) groups excluding carboxylic acids is 1. The van der Waals surface area contributed by atoms with Crippen molar-refractivity contribution in [3.63, 3.8) is 0 Å². The molecule has 2 aliphatic heterocycles. The Balaban J connectivity index is 1.14. The second kappa shape index (κ2) is 12.7. The fraction of sp³-hybridized carbons (Fsp3) is 0.387. The highest BCUT2D eigenvalue weighted by molar-refractivity contribution is 6.33. The van der Waals surface area contributed by atoms with Crippen LogP contribution in [0.3, 0.4) is 0 Å². The summed E-state index contributed by atoms with van der Waals surface area (Å²) in [7, 11) is 0. The van der Waals surface area contributed by atoms with E-state index in [9.17, 15) is 14.4 Å². The van der Waals surface area contributed by atoms with Crippen molar-refractivity contribution < 1.29 is 18.7 Å². The lowest BCUT2D eigenvalue weighted by Crippen LogP contribution is -2.53. The van der Waals surface area contributed by atoms with Crippen molar-refractivity contribution in [3.8, 4) is 23.1 Å². The first-order valence-corrected chi connectivity index (χ1v) is 14.9. The average molecular weight is 619 g/mol. The standard InChI is InChI=1S/C31H32ClFN8O3/c1-31(38-30(42)24-14-22(33)2-3-26(24)32)4-6-40(7-5-31)28-19-35-27(18-36-28)25-15-23(20-41-29(25)21(16-34)17-37-41)44-13-10-39-8-11-43-12-9-39/h2-3,14-15,17-20H,4-13H2,1H3,(H,38,42). The van der Waals surface area contributed by atoms with Gasteiger partial charge in [-0.2, -0.15) is 10.4 Å². The summed E-state index contributed by atoms with van der Waals surface area (Å²) in [4.78, 5) is 26.7. The monoisotopic (exact) mass is 618 g/mol. The van der Waals surface area contributed by atoms with Gasteiger partial charge < -0.3 is 19.7 Å². The summed E-state index contributed by atoms with van der Waals surface area (Å²) < 4.78 is 26.9. The molecule has 0 atom stereocenters. The minimum absolute atomic E-state index is 0.121. The van der Waals surface area contributed by atoms with Gasteiger partial charge in [-0.15, -0.1) is 0 Å². The van der Waals surface area contributed by atoms with Crippen molar-refractivity contribution in [3.05, 3.63) is 71.0 Å². The molecule has 0 spiro atoms. The Morgan fingerprint density at radius 2 is 1.95 bits per heavy atom. The number of halogens is 2. The maximum atomic E-state index is 13.7. The van der Waals surface area contributed by atoms with Gasteiger partial charge in [0.15, 0.2) is 0 Å². The fourth-order valence-electron chi connectivity index (χ4n) is 5.56. The van der Waals surface area contributed by atoms with Crippen LogP contribution in [-0.2, 0) is 4.74 Å². The second-order valence-corrected chi connectivity index (χ2v) is 11.6. The number of pyridine rings is 1. The molecule has 1 aromatic carbocycles. The van der Waals surface area contributed by atoms with Gasteiger partial charge in [0.25, 0.3) is 5.91 Å². The van der Waals surface area contributed by atoms with E-state index in [-0.39, 0.29) is 10.6 Å². The van der Waals surface area contributed by atoms with Crippen LogP contribution in [-0.4, -0.2) is 88.5 Å². The molecule has 228 valence electrons. The number of rotatable bonds is 8. The van der Waals surface area contributed by atoms with Gasteiger partial charge in [0.2, 0.25) is 0 Å². The maximum absolute atomic E-state index is 13.7. The number of piperidine rings is 1. The molecule has 0 aliphatic carbocycles. The van der Waals surface area contributed by atoms with Gasteiger partial charge in [-0.1, -0.05) is 11.6 Å². The summed E-state index contributed by atoms with van der Waals surface area (Å²) in [6, 6.07) is 7.85. The highest BCUT2D eigenvalue weighted by Crippen LogP contribution is 2.31. The van der Waals surface area contributed by atoms with Gasteiger partial charge in [-0.3, -0.25) is 14.7 Å². The topological polar surface area (TPSA) is 121 Å². The predicted octanol–water partition coefficient (Wildman–Crippen LogP) is 3.96. The number of nitrogens with zero attached hydrogens (tertiary/aromatic N) is 7. The predicted molar refractivity (Wildman–Crippen MR) is 162 cm³/mol. The van der Waals surface area contributed by atoms with Crippen molar-refractivity contribution >= 4 is 28.8 Å². The molecule has 2 aliphatic rings. The number of hydrogen-bond acceptors (Lipinski definition) is 9. The average Bonchev–Trinajstić information content (AvgIpc) is 3.46. The van der Waals surface area contributed by atoms with Crippen molar-refractivity contribution in [2.75, 3.05) is 57.4 Å². The molecule has 44 heavy (non-hydrogen) atoms. The molecule has 11 nitrogen and oxygen atoms in total. The smallest absolute Gasteiger partial charge is 0.253 e. The van der Waals surface area contributed by atoms with E-state index in [1.807, 2.05) is 13.0 Å². The van der Waals surface area contributed by atoms with Gasteiger partial charge in [0, 0.05) is 43.8 Å². The zero-order valence-corrected chi connectivity index (χ0v) is 25.1. The number of benzene rings is 1. The summed E-state index contributed by atoms with van der Waals surface area (Å²) in [6.07, 6.45) is 8.02. The minimum Gasteiger partial charge on any atom is -0.491 e. The lowest BCUT2D eigenvalue weighted by atomic mass is 9.89. The Labute approximate surface area is 259 Å². The van der Waals surface area contributed by atoms with E-state index >= 15 is 0 Å². The Bertz CT molecular complexity index is 1690. The third kappa shape index (κ3) is 6.45. The van der Waals surface area contributed by atoms with E-state index in [1.54, 1.807) is 23.1 Å². The highest BCUT2D eigenvalue weighted by Gasteiger charge is 2.33. The number of fused-ring (bicyclic) bond motifs is 1. The zero-order chi connectivity index (χ0) is 30.7. The van der Waals surface area contributed by atoms with Crippen LogP contribution in [0.4, 0.5) is 10.2 Å². The fourth-order valence-corrected chi connectivity index (χ4v) is 5.76. The first-order chi connectivity index (χ1) is 21.3. The van der Waals surface area contributed by atoms with Gasteiger partial charge in [0.1, 0.15) is 30.1 Å². The van der Waals surface area contributed by atoms with E-state index in [0.717, 1.165) is 38.9 Å². The molecular formula is C31H32ClFN8O3.